The lowest BCUT2D eigenvalue weighted by molar-refractivity contribution is -0.126. The molecular formula is C22H20BrNO5. The normalized spacial score (nSPS) is 23.4. The van der Waals surface area contributed by atoms with Crippen LogP contribution in [0.15, 0.2) is 53.5 Å². The third-order valence-corrected chi connectivity index (χ3v) is 5.75. The molecule has 1 saturated carbocycles. The Bertz CT molecular complexity index is 973. The minimum Gasteiger partial charge on any atom is -0.496 e. The van der Waals surface area contributed by atoms with Gasteiger partial charge in [0.2, 0.25) is 0 Å². The first-order valence-corrected chi connectivity index (χ1v) is 10.2. The van der Waals surface area contributed by atoms with E-state index in [0.29, 0.717) is 40.6 Å². The van der Waals surface area contributed by atoms with Gasteiger partial charge in [-0.3, -0.25) is 9.78 Å². The Morgan fingerprint density at radius 1 is 1.24 bits per heavy atom. The maximum absolute atomic E-state index is 13.1. The van der Waals surface area contributed by atoms with Gasteiger partial charge in [-0.05, 0) is 40.9 Å². The van der Waals surface area contributed by atoms with Crippen LogP contribution >= 0.6 is 15.9 Å². The van der Waals surface area contributed by atoms with Crippen molar-refractivity contribution in [2.45, 2.75) is 31.5 Å². The number of halogens is 1. The summed E-state index contributed by atoms with van der Waals surface area (Å²) < 4.78 is 17.6. The van der Waals surface area contributed by atoms with E-state index >= 15 is 0 Å². The van der Waals surface area contributed by atoms with E-state index < -0.39 is 5.97 Å². The second-order valence-electron chi connectivity index (χ2n) is 7.11. The third kappa shape index (κ3) is 4.05. The van der Waals surface area contributed by atoms with E-state index in [1.54, 1.807) is 19.4 Å². The zero-order chi connectivity index (χ0) is 20.4. The Hall–Kier alpha value is -2.67. The van der Waals surface area contributed by atoms with Crippen molar-refractivity contribution in [1.82, 2.24) is 4.98 Å². The maximum atomic E-state index is 13.1. The van der Waals surface area contributed by atoms with Crippen LogP contribution in [-0.4, -0.2) is 36.1 Å². The largest absolute Gasteiger partial charge is 0.496 e. The van der Waals surface area contributed by atoms with Crippen LogP contribution in [0.1, 0.15) is 35.2 Å². The number of methoxy groups -OCH3 is 1. The van der Waals surface area contributed by atoms with E-state index in [2.05, 4.69) is 20.9 Å². The number of carbonyl (C=O) groups excluding carboxylic acids is 2. The Morgan fingerprint density at radius 2 is 2.07 bits per heavy atom. The minimum atomic E-state index is -0.422. The van der Waals surface area contributed by atoms with Crippen molar-refractivity contribution < 1.29 is 23.8 Å². The average molecular weight is 458 g/mol. The fourth-order valence-corrected chi connectivity index (χ4v) is 4.23. The van der Waals surface area contributed by atoms with Crippen molar-refractivity contribution >= 4 is 33.3 Å². The number of allylic oxidation sites excluding steroid dienone is 1. The number of aromatic nitrogens is 1. The zero-order valence-electron chi connectivity index (χ0n) is 15.8. The number of pyridine rings is 1. The summed E-state index contributed by atoms with van der Waals surface area (Å²) in [5, 5.41) is 0. The quantitative estimate of drug-likeness (QED) is 0.640. The molecule has 3 unspecified atom stereocenters. The van der Waals surface area contributed by atoms with Gasteiger partial charge in [-0.1, -0.05) is 18.2 Å². The van der Waals surface area contributed by atoms with Gasteiger partial charge in [-0.2, -0.15) is 0 Å². The molecule has 3 atom stereocenters. The van der Waals surface area contributed by atoms with Crippen LogP contribution in [0.25, 0.3) is 5.57 Å². The lowest BCUT2D eigenvalue weighted by Gasteiger charge is -2.37. The van der Waals surface area contributed by atoms with Crippen LogP contribution in [0.3, 0.4) is 0 Å². The van der Waals surface area contributed by atoms with Crippen molar-refractivity contribution in [2.75, 3.05) is 7.11 Å². The molecule has 1 aliphatic carbocycles. The van der Waals surface area contributed by atoms with Crippen molar-refractivity contribution in [3.63, 3.8) is 0 Å². The second-order valence-corrected chi connectivity index (χ2v) is 8.02. The molecule has 0 radical (unpaired) electrons. The van der Waals surface area contributed by atoms with Gasteiger partial charge in [-0.25, -0.2) is 4.79 Å². The molecular weight excluding hydrogens is 438 g/mol. The van der Waals surface area contributed by atoms with Gasteiger partial charge in [0.05, 0.1) is 30.4 Å². The summed E-state index contributed by atoms with van der Waals surface area (Å²) in [6.45, 7) is 0. The number of fused-ring (bicyclic) bond motifs is 1. The number of benzene rings is 1. The average Bonchev–Trinajstić information content (AvgIpc) is 2.74. The van der Waals surface area contributed by atoms with Crippen LogP contribution < -0.4 is 4.74 Å². The van der Waals surface area contributed by atoms with Gasteiger partial charge in [0.1, 0.15) is 18.0 Å². The van der Waals surface area contributed by atoms with Crippen LogP contribution in [0.5, 0.6) is 5.75 Å². The number of hydrogen-bond donors (Lipinski definition) is 0. The number of ketones is 1. The summed E-state index contributed by atoms with van der Waals surface area (Å²) in [6.07, 6.45) is 5.71. The number of para-hydroxylation sites is 1. The summed E-state index contributed by atoms with van der Waals surface area (Å²) in [4.78, 5) is 29.5. The monoisotopic (exact) mass is 457 g/mol. The van der Waals surface area contributed by atoms with E-state index in [4.69, 9.17) is 14.2 Å². The van der Waals surface area contributed by atoms with E-state index in [9.17, 15) is 9.59 Å². The van der Waals surface area contributed by atoms with Crippen molar-refractivity contribution in [1.29, 1.82) is 0 Å². The van der Waals surface area contributed by atoms with Gasteiger partial charge in [0.25, 0.3) is 0 Å². The van der Waals surface area contributed by atoms with Crippen molar-refractivity contribution in [3.8, 4) is 5.75 Å². The molecule has 1 aliphatic heterocycles. The summed E-state index contributed by atoms with van der Waals surface area (Å²) >= 11 is 3.30. The molecule has 1 aromatic heterocycles. The highest BCUT2D eigenvalue weighted by Gasteiger charge is 2.42. The fourth-order valence-electron chi connectivity index (χ4n) is 3.87. The van der Waals surface area contributed by atoms with E-state index in [0.717, 1.165) is 5.56 Å². The van der Waals surface area contributed by atoms with Crippen LogP contribution in [-0.2, 0) is 14.3 Å². The summed E-state index contributed by atoms with van der Waals surface area (Å²) in [7, 11) is 1.58. The number of Topliss-reactive ketones (excluding diaryl/α,β-unsaturated/α-hetero) is 1. The number of nitrogens with zero attached hydrogens (tertiary/aromatic N) is 1. The Morgan fingerprint density at radius 3 is 2.86 bits per heavy atom. The highest BCUT2D eigenvalue weighted by molar-refractivity contribution is 9.10. The first-order valence-electron chi connectivity index (χ1n) is 9.41. The van der Waals surface area contributed by atoms with E-state index in [1.165, 1.54) is 12.5 Å². The number of hydrogen-bond acceptors (Lipinski definition) is 6. The first kappa shape index (κ1) is 19.6. The van der Waals surface area contributed by atoms with Gasteiger partial charge in [-0.15, -0.1) is 0 Å². The van der Waals surface area contributed by atoms with Crippen LogP contribution in [0.4, 0.5) is 0 Å². The molecule has 0 amide bonds. The summed E-state index contributed by atoms with van der Waals surface area (Å²) in [5.74, 6) is 0.0168. The molecule has 29 heavy (non-hydrogen) atoms. The molecule has 6 nitrogen and oxygen atoms in total. The molecule has 0 bridgehead atoms. The molecule has 4 rings (SSSR count). The zero-order valence-corrected chi connectivity index (χ0v) is 17.4. The number of rotatable bonds is 4. The molecule has 2 aromatic rings. The van der Waals surface area contributed by atoms with Crippen molar-refractivity contribution in [2.24, 2.45) is 5.92 Å². The third-order valence-electron chi connectivity index (χ3n) is 5.32. The van der Waals surface area contributed by atoms with Crippen molar-refractivity contribution in [3.05, 3.63) is 64.6 Å². The number of esters is 1. The summed E-state index contributed by atoms with van der Waals surface area (Å²) in [5.41, 5.74) is 1.65. The topological polar surface area (TPSA) is 74.7 Å². The lowest BCUT2D eigenvalue weighted by atomic mass is 9.77. The fraction of sp³-hybridized carbons (Fsp3) is 0.318. The first-order chi connectivity index (χ1) is 14.1. The Labute approximate surface area is 177 Å². The molecule has 1 fully saturated rings. The molecule has 0 N–H and O–H groups in total. The van der Waals surface area contributed by atoms with Crippen LogP contribution in [0, 0.1) is 5.92 Å². The second kappa shape index (κ2) is 8.37. The number of ether oxygens (including phenoxy) is 3. The van der Waals surface area contributed by atoms with Gasteiger partial charge < -0.3 is 14.2 Å². The van der Waals surface area contributed by atoms with Crippen LogP contribution in [0.2, 0.25) is 0 Å². The predicted octanol–water partition coefficient (Wildman–Crippen LogP) is 4.19. The molecule has 0 spiro atoms. The maximum Gasteiger partial charge on any atom is 0.340 e. The molecule has 1 aromatic carbocycles. The Balaban J connectivity index is 1.46. The van der Waals surface area contributed by atoms with E-state index in [-0.39, 0.29) is 23.9 Å². The number of carbonyl (C=O) groups is 2. The SMILES string of the molecule is COc1ccccc1C1=COC2CC(OC(=O)c3cncc(Br)c3)CCC2C1=O. The minimum absolute atomic E-state index is 0.0479. The lowest BCUT2D eigenvalue weighted by Crippen LogP contribution is -2.42. The molecule has 0 saturated heterocycles. The smallest absolute Gasteiger partial charge is 0.340 e. The van der Waals surface area contributed by atoms with Gasteiger partial charge in [0, 0.05) is 28.9 Å². The molecule has 2 heterocycles. The van der Waals surface area contributed by atoms with E-state index in [1.807, 2.05) is 24.3 Å². The predicted molar refractivity (Wildman–Crippen MR) is 109 cm³/mol. The standard InChI is InChI=1S/C22H20BrNO5/c1-27-19-5-3-2-4-16(19)18-12-28-20-9-15(6-7-17(20)21(18)25)29-22(26)13-8-14(23)11-24-10-13/h2-5,8,10-12,15,17,20H,6-7,9H2,1H3. The molecule has 2 aliphatic rings. The highest BCUT2D eigenvalue weighted by Crippen LogP contribution is 2.39. The summed E-state index contributed by atoms with van der Waals surface area (Å²) in [6, 6.07) is 9.07. The molecule has 7 heteroatoms. The van der Waals surface area contributed by atoms with Gasteiger partial charge >= 0.3 is 5.97 Å². The van der Waals surface area contributed by atoms with Gasteiger partial charge in [0.15, 0.2) is 5.78 Å². The highest BCUT2D eigenvalue weighted by atomic mass is 79.9. The Kier molecular flexibility index (Phi) is 5.67. The molecule has 150 valence electrons.